The second-order valence-corrected chi connectivity index (χ2v) is 6.54. The average Bonchev–Trinajstić information content (AvgIpc) is 2.88. The van der Waals surface area contributed by atoms with Gasteiger partial charge in [-0.3, -0.25) is 4.79 Å². The van der Waals surface area contributed by atoms with Crippen LogP contribution in [0.3, 0.4) is 0 Å². The van der Waals surface area contributed by atoms with Crippen LogP contribution in [0.4, 0.5) is 0 Å². The van der Waals surface area contributed by atoms with Crippen LogP contribution in [0.5, 0.6) is 0 Å². The number of methoxy groups -OCH3 is 1. The first-order valence-electron chi connectivity index (χ1n) is 8.18. The molecule has 2 aliphatic rings. The summed E-state index contributed by atoms with van der Waals surface area (Å²) in [6.07, 6.45) is 7.71. The average molecular weight is 282 g/mol. The van der Waals surface area contributed by atoms with Crippen molar-refractivity contribution < 1.29 is 9.53 Å². The lowest BCUT2D eigenvalue weighted by atomic mass is 9.85. The zero-order chi connectivity index (χ0) is 14.6. The summed E-state index contributed by atoms with van der Waals surface area (Å²) in [6.45, 7) is 7.00. The lowest BCUT2D eigenvalue weighted by Gasteiger charge is -2.34. The number of hydrogen-bond acceptors (Lipinski definition) is 4. The Morgan fingerprint density at radius 2 is 2.10 bits per heavy atom. The van der Waals surface area contributed by atoms with Crippen LogP contribution in [0.2, 0.25) is 0 Å². The lowest BCUT2D eigenvalue weighted by molar-refractivity contribution is -0.148. The van der Waals surface area contributed by atoms with E-state index in [4.69, 9.17) is 4.74 Å². The molecule has 0 aromatic rings. The first kappa shape index (κ1) is 15.8. The molecule has 0 amide bonds. The third-order valence-corrected chi connectivity index (χ3v) is 5.23. The van der Waals surface area contributed by atoms with Crippen molar-refractivity contribution in [1.29, 1.82) is 0 Å². The van der Waals surface area contributed by atoms with Gasteiger partial charge >= 0.3 is 5.97 Å². The molecule has 1 saturated heterocycles. The number of hydrogen-bond donors (Lipinski definition) is 1. The molecule has 3 unspecified atom stereocenters. The van der Waals surface area contributed by atoms with E-state index in [1.807, 2.05) is 13.8 Å². The summed E-state index contributed by atoms with van der Waals surface area (Å²) >= 11 is 0. The van der Waals surface area contributed by atoms with E-state index in [-0.39, 0.29) is 5.97 Å². The number of rotatable bonds is 6. The largest absolute Gasteiger partial charge is 0.468 e. The second kappa shape index (κ2) is 6.90. The highest BCUT2D eigenvalue weighted by molar-refractivity contribution is 5.80. The van der Waals surface area contributed by atoms with Crippen LogP contribution < -0.4 is 5.32 Å². The normalized spacial score (nSPS) is 29.8. The number of fused-ring (bicyclic) bond motifs is 1. The number of carbonyl (C=O) groups is 1. The van der Waals surface area contributed by atoms with Gasteiger partial charge in [0.2, 0.25) is 0 Å². The molecule has 0 bridgehead atoms. The molecule has 116 valence electrons. The van der Waals surface area contributed by atoms with Gasteiger partial charge in [-0.05, 0) is 51.6 Å². The maximum Gasteiger partial charge on any atom is 0.325 e. The minimum absolute atomic E-state index is 0.140. The van der Waals surface area contributed by atoms with Crippen LogP contribution >= 0.6 is 0 Å². The summed E-state index contributed by atoms with van der Waals surface area (Å²) in [5.41, 5.74) is -0.545. The van der Waals surface area contributed by atoms with Gasteiger partial charge in [0.15, 0.2) is 0 Å². The Bertz CT molecular complexity index is 334. The van der Waals surface area contributed by atoms with E-state index in [1.165, 1.54) is 45.8 Å². The highest BCUT2D eigenvalue weighted by atomic mass is 16.5. The van der Waals surface area contributed by atoms with Crippen molar-refractivity contribution >= 4 is 5.97 Å². The number of likely N-dealkylation sites (N-methyl/N-ethyl adjacent to an activating group) is 1. The molecule has 1 aliphatic heterocycles. The number of likely N-dealkylation sites (tertiary alicyclic amines) is 1. The molecular weight excluding hydrogens is 252 g/mol. The van der Waals surface area contributed by atoms with E-state index < -0.39 is 5.54 Å². The molecule has 1 aliphatic carbocycles. The molecule has 1 saturated carbocycles. The summed E-state index contributed by atoms with van der Waals surface area (Å²) in [4.78, 5) is 14.6. The molecule has 0 aromatic carbocycles. The van der Waals surface area contributed by atoms with Gasteiger partial charge in [-0.2, -0.15) is 0 Å². The first-order valence-corrected chi connectivity index (χ1v) is 8.18. The van der Waals surface area contributed by atoms with Gasteiger partial charge in [0.05, 0.1) is 7.11 Å². The summed E-state index contributed by atoms with van der Waals surface area (Å²) in [5.74, 6) is 0.769. The fourth-order valence-corrected chi connectivity index (χ4v) is 4.03. The zero-order valence-electron chi connectivity index (χ0n) is 13.3. The van der Waals surface area contributed by atoms with E-state index in [0.717, 1.165) is 31.5 Å². The number of carbonyl (C=O) groups excluding carboxylic acids is 1. The molecule has 2 rings (SSSR count). The molecule has 4 nitrogen and oxygen atoms in total. The van der Waals surface area contributed by atoms with E-state index in [9.17, 15) is 4.79 Å². The Morgan fingerprint density at radius 1 is 1.35 bits per heavy atom. The van der Waals surface area contributed by atoms with Crippen LogP contribution in [-0.4, -0.2) is 49.2 Å². The third-order valence-electron chi connectivity index (χ3n) is 5.23. The van der Waals surface area contributed by atoms with Gasteiger partial charge in [-0.1, -0.05) is 19.8 Å². The highest BCUT2D eigenvalue weighted by Gasteiger charge is 2.38. The molecule has 0 radical (unpaired) electrons. The summed E-state index contributed by atoms with van der Waals surface area (Å²) < 4.78 is 4.97. The molecule has 20 heavy (non-hydrogen) atoms. The number of ether oxygens (including phenoxy) is 1. The Balaban J connectivity index is 1.90. The van der Waals surface area contributed by atoms with Gasteiger partial charge < -0.3 is 15.0 Å². The molecule has 0 spiro atoms. The zero-order valence-corrected chi connectivity index (χ0v) is 13.3. The van der Waals surface area contributed by atoms with Crippen molar-refractivity contribution in [2.75, 3.05) is 26.7 Å². The van der Waals surface area contributed by atoms with Crippen molar-refractivity contribution in [3.05, 3.63) is 0 Å². The third kappa shape index (κ3) is 3.34. The van der Waals surface area contributed by atoms with Gasteiger partial charge in [0.25, 0.3) is 0 Å². The van der Waals surface area contributed by atoms with E-state index in [0.29, 0.717) is 0 Å². The summed E-state index contributed by atoms with van der Waals surface area (Å²) in [5, 5.41) is 3.30. The Morgan fingerprint density at radius 3 is 2.80 bits per heavy atom. The monoisotopic (exact) mass is 282 g/mol. The number of nitrogens with one attached hydrogen (secondary N) is 1. The summed E-state index contributed by atoms with van der Waals surface area (Å²) in [6, 6.07) is 0.771. The molecule has 4 heteroatoms. The number of nitrogens with zero attached hydrogens (tertiary/aromatic N) is 1. The molecular formula is C16H30N2O2. The van der Waals surface area contributed by atoms with Gasteiger partial charge in [0.1, 0.15) is 5.54 Å². The molecule has 3 atom stereocenters. The minimum Gasteiger partial charge on any atom is -0.468 e. The molecule has 1 heterocycles. The maximum atomic E-state index is 12.0. The fraction of sp³-hybridized carbons (Fsp3) is 0.938. The van der Waals surface area contributed by atoms with E-state index >= 15 is 0 Å². The second-order valence-electron chi connectivity index (χ2n) is 6.54. The van der Waals surface area contributed by atoms with Crippen molar-refractivity contribution in [1.82, 2.24) is 10.2 Å². The predicted octanol–water partition coefficient (Wildman–Crippen LogP) is 2.18. The van der Waals surface area contributed by atoms with Crippen molar-refractivity contribution in [2.45, 2.75) is 64.0 Å². The van der Waals surface area contributed by atoms with E-state index in [1.54, 1.807) is 0 Å². The Hall–Kier alpha value is -0.610. The van der Waals surface area contributed by atoms with Crippen LogP contribution in [0.25, 0.3) is 0 Å². The van der Waals surface area contributed by atoms with E-state index in [2.05, 4.69) is 10.2 Å². The predicted molar refractivity (Wildman–Crippen MR) is 80.7 cm³/mol. The minimum atomic E-state index is -0.545. The van der Waals surface area contributed by atoms with Gasteiger partial charge in [-0.15, -0.1) is 0 Å². The molecule has 1 N–H and O–H groups in total. The maximum absolute atomic E-state index is 12.0. The quantitative estimate of drug-likeness (QED) is 0.758. The SMILES string of the molecule is CCNC(C)(CCN1CCC2CCCCC21)C(=O)OC. The number of esters is 1. The van der Waals surface area contributed by atoms with Crippen LogP contribution in [-0.2, 0) is 9.53 Å². The van der Waals surface area contributed by atoms with Crippen molar-refractivity contribution in [3.8, 4) is 0 Å². The molecule has 2 fully saturated rings. The standard InChI is InChI=1S/C16H30N2O2/c1-4-17-16(2,15(19)20-3)10-12-18-11-9-13-7-5-6-8-14(13)18/h13-14,17H,4-12H2,1-3H3. The first-order chi connectivity index (χ1) is 9.60. The highest BCUT2D eigenvalue weighted by Crippen LogP contribution is 2.36. The van der Waals surface area contributed by atoms with Gasteiger partial charge in [0, 0.05) is 12.6 Å². The topological polar surface area (TPSA) is 41.6 Å². The lowest BCUT2D eigenvalue weighted by Crippen LogP contribution is -2.52. The Labute approximate surface area is 123 Å². The Kier molecular flexibility index (Phi) is 5.44. The van der Waals surface area contributed by atoms with Crippen LogP contribution in [0.15, 0.2) is 0 Å². The van der Waals surface area contributed by atoms with Crippen molar-refractivity contribution in [3.63, 3.8) is 0 Å². The van der Waals surface area contributed by atoms with Crippen molar-refractivity contribution in [2.24, 2.45) is 5.92 Å². The summed E-state index contributed by atoms with van der Waals surface area (Å²) in [7, 11) is 1.48. The molecule has 0 aromatic heterocycles. The fourth-order valence-electron chi connectivity index (χ4n) is 4.03. The smallest absolute Gasteiger partial charge is 0.325 e. The van der Waals surface area contributed by atoms with Crippen LogP contribution in [0.1, 0.15) is 52.4 Å². The van der Waals surface area contributed by atoms with Gasteiger partial charge in [-0.25, -0.2) is 0 Å². The van der Waals surface area contributed by atoms with Crippen LogP contribution in [0, 0.1) is 5.92 Å².